The summed E-state index contributed by atoms with van der Waals surface area (Å²) >= 11 is 0. The fourth-order valence-electron chi connectivity index (χ4n) is 6.98. The van der Waals surface area contributed by atoms with Crippen molar-refractivity contribution in [2.24, 2.45) is 17.6 Å². The molecule has 68 heavy (non-hydrogen) atoms. The molecule has 0 bridgehead atoms. The van der Waals surface area contributed by atoms with Crippen LogP contribution in [0.3, 0.4) is 0 Å². The molecule has 0 aliphatic carbocycles. The van der Waals surface area contributed by atoms with Gasteiger partial charge in [-0.1, -0.05) is 107 Å². The van der Waals surface area contributed by atoms with Gasteiger partial charge in [0.05, 0.1) is 6.04 Å². The molecule has 0 saturated carbocycles. The molecule has 20 nitrogen and oxygen atoms in total. The van der Waals surface area contributed by atoms with Crippen LogP contribution in [0, 0.1) is 11.8 Å². The third-order valence-corrected chi connectivity index (χ3v) is 11.1. The first-order valence-electron chi connectivity index (χ1n) is 22.3. The number of amides is 6. The van der Waals surface area contributed by atoms with Crippen LogP contribution in [0.1, 0.15) is 76.5 Å². The Morgan fingerprint density at radius 3 is 1.35 bits per heavy atom. The highest BCUT2D eigenvalue weighted by Gasteiger charge is 2.36. The Balaban J connectivity index is 1.83. The maximum absolute atomic E-state index is 14.1. The predicted octanol–water partition coefficient (Wildman–Crippen LogP) is 1.17. The third kappa shape index (κ3) is 18.5. The minimum Gasteiger partial charge on any atom is -0.508 e. The second-order valence-corrected chi connectivity index (χ2v) is 16.9. The van der Waals surface area contributed by atoms with Gasteiger partial charge in [-0.3, -0.25) is 38.4 Å². The van der Waals surface area contributed by atoms with Crippen molar-refractivity contribution in [3.63, 3.8) is 0 Å². The molecule has 20 heteroatoms. The van der Waals surface area contributed by atoms with E-state index in [0.717, 1.165) is 5.56 Å². The van der Waals surface area contributed by atoms with E-state index in [1.165, 1.54) is 24.3 Å². The normalized spacial score (nSPS) is 14.6. The van der Waals surface area contributed by atoms with Gasteiger partial charge in [0.25, 0.3) is 0 Å². The molecule has 0 fully saturated rings. The van der Waals surface area contributed by atoms with Gasteiger partial charge in [-0.15, -0.1) is 0 Å². The smallest absolute Gasteiger partial charge is 0.326 e. The van der Waals surface area contributed by atoms with Crippen molar-refractivity contribution in [3.8, 4) is 5.75 Å². The van der Waals surface area contributed by atoms with Gasteiger partial charge >= 0.3 is 17.9 Å². The summed E-state index contributed by atoms with van der Waals surface area (Å²) in [6.07, 6.45) is -2.07. The highest BCUT2D eigenvalue weighted by molar-refractivity contribution is 5.97. The Labute approximate surface area is 394 Å². The van der Waals surface area contributed by atoms with E-state index in [-0.39, 0.29) is 25.0 Å². The van der Waals surface area contributed by atoms with E-state index in [0.29, 0.717) is 17.5 Å². The highest BCUT2D eigenvalue weighted by atomic mass is 16.4. The summed E-state index contributed by atoms with van der Waals surface area (Å²) < 4.78 is 0. The van der Waals surface area contributed by atoms with Gasteiger partial charge in [0, 0.05) is 25.7 Å². The number of hydrogen-bond donors (Lipinski definition) is 11. The topological polar surface area (TPSA) is 333 Å². The molecule has 0 aliphatic heterocycles. The van der Waals surface area contributed by atoms with Crippen LogP contribution in [0.2, 0.25) is 0 Å². The molecule has 3 rings (SSSR count). The number of carbonyl (C=O) groups is 9. The quantitative estimate of drug-likeness (QED) is 0.0487. The van der Waals surface area contributed by atoms with E-state index >= 15 is 0 Å². The molecule has 0 unspecified atom stereocenters. The van der Waals surface area contributed by atoms with Gasteiger partial charge in [0.2, 0.25) is 35.4 Å². The molecular weight excluding hydrogens is 883 g/mol. The van der Waals surface area contributed by atoms with Crippen LogP contribution in [0.5, 0.6) is 5.75 Å². The average Bonchev–Trinajstić information content (AvgIpc) is 3.29. The van der Waals surface area contributed by atoms with E-state index in [1.54, 1.807) is 58.0 Å². The number of aliphatic carboxylic acids is 3. The molecule has 0 aromatic heterocycles. The SMILES string of the molecule is CC[C@H](C)[C@H](NC(=O)[C@@H](NC(=O)[C@H](Cc1ccccc1)NC(=O)[C@@H](N)Cc1ccccc1)C(C)C)C(=O)N[C@@H](CCC(=O)O)C(=O)N[C@@H](CCC(=O)O)C(=O)N[C@@H](Cc1ccc(O)cc1)C(=O)O. The van der Waals surface area contributed by atoms with Gasteiger partial charge in [-0.2, -0.15) is 0 Å². The second kappa shape index (κ2) is 27.3. The number of phenolic OH excluding ortho intramolecular Hbond substituents is 1. The molecule has 0 radical (unpaired) electrons. The van der Waals surface area contributed by atoms with Crippen molar-refractivity contribution >= 4 is 53.4 Å². The maximum Gasteiger partial charge on any atom is 0.326 e. The summed E-state index contributed by atoms with van der Waals surface area (Å²) in [5, 5.41) is 53.6. The lowest BCUT2D eigenvalue weighted by molar-refractivity contribution is -0.143. The van der Waals surface area contributed by atoms with Gasteiger partial charge in [0.15, 0.2) is 0 Å². The fourth-order valence-corrected chi connectivity index (χ4v) is 6.98. The second-order valence-electron chi connectivity index (χ2n) is 16.9. The summed E-state index contributed by atoms with van der Waals surface area (Å²) in [7, 11) is 0. The Morgan fingerprint density at radius 1 is 0.485 bits per heavy atom. The molecule has 0 saturated heterocycles. The molecule has 0 spiro atoms. The molecule has 12 N–H and O–H groups in total. The lowest BCUT2D eigenvalue weighted by Crippen LogP contribution is -2.61. The Bertz CT molecular complexity index is 2190. The number of nitrogens with two attached hydrogens (primary N) is 1. The van der Waals surface area contributed by atoms with Crippen LogP contribution in [0.25, 0.3) is 0 Å². The Morgan fingerprint density at radius 2 is 0.882 bits per heavy atom. The molecule has 368 valence electrons. The number of hydrogen-bond acceptors (Lipinski definition) is 11. The molecule has 6 amide bonds. The first-order valence-corrected chi connectivity index (χ1v) is 22.3. The number of phenols is 1. The summed E-state index contributed by atoms with van der Waals surface area (Å²) in [6, 6.07) is 13.7. The highest BCUT2D eigenvalue weighted by Crippen LogP contribution is 2.15. The van der Waals surface area contributed by atoms with Crippen LogP contribution in [-0.2, 0) is 62.4 Å². The molecule has 0 aliphatic rings. The van der Waals surface area contributed by atoms with Crippen LogP contribution >= 0.6 is 0 Å². The maximum atomic E-state index is 14.1. The minimum absolute atomic E-state index is 0.0410. The molecule has 3 aromatic rings. The summed E-state index contributed by atoms with van der Waals surface area (Å²) in [5.74, 6) is -10.7. The number of carbonyl (C=O) groups excluding carboxylic acids is 6. The number of rotatable bonds is 28. The first-order chi connectivity index (χ1) is 32.2. The standard InChI is InChI=1S/C48H63N7O13/c1-5-28(4)41(55-46(65)40(27(2)3)54-45(64)36(25-30-14-10-7-11-15-30)52-42(61)33(49)24-29-12-8-6-9-13-29)47(66)51-35(21-23-39(59)60)43(62)50-34(20-22-38(57)58)44(63)53-37(48(67)68)26-31-16-18-32(56)19-17-31/h6-19,27-28,33-37,40-41,56H,5,20-26,49H2,1-4H3,(H,50,62)(H,51,66)(H,52,61)(H,53,63)(H,54,64)(H,55,65)(H,57,58)(H,59,60)(H,67,68)/t28-,33-,34-,35-,36-,37-,40-,41-/m0/s1. The van der Waals surface area contributed by atoms with Gasteiger partial charge in [0.1, 0.15) is 42.0 Å². The monoisotopic (exact) mass is 945 g/mol. The van der Waals surface area contributed by atoms with Gasteiger partial charge in [-0.25, -0.2) is 4.79 Å². The van der Waals surface area contributed by atoms with Crippen LogP contribution < -0.4 is 37.6 Å². The summed E-state index contributed by atoms with van der Waals surface area (Å²) in [6.45, 7) is 6.66. The molecular formula is C48H63N7O13. The number of aromatic hydroxyl groups is 1. The van der Waals surface area contributed by atoms with Crippen molar-refractivity contribution < 1.29 is 63.6 Å². The third-order valence-electron chi connectivity index (χ3n) is 11.1. The Hall–Kier alpha value is -7.35. The van der Waals surface area contributed by atoms with Crippen LogP contribution in [0.15, 0.2) is 84.9 Å². The van der Waals surface area contributed by atoms with E-state index < -0.39 is 133 Å². The van der Waals surface area contributed by atoms with Crippen molar-refractivity contribution in [3.05, 3.63) is 102 Å². The summed E-state index contributed by atoms with van der Waals surface area (Å²) in [4.78, 5) is 118. The molecule has 8 atom stereocenters. The zero-order valence-electron chi connectivity index (χ0n) is 38.5. The van der Waals surface area contributed by atoms with Crippen molar-refractivity contribution in [1.29, 1.82) is 0 Å². The number of benzene rings is 3. The van der Waals surface area contributed by atoms with Crippen LogP contribution in [-0.4, -0.2) is 116 Å². The average molecular weight is 946 g/mol. The van der Waals surface area contributed by atoms with E-state index in [1.807, 2.05) is 30.3 Å². The predicted molar refractivity (Wildman–Crippen MR) is 247 cm³/mol. The zero-order chi connectivity index (χ0) is 50.5. The van der Waals surface area contributed by atoms with Crippen molar-refractivity contribution in [1.82, 2.24) is 31.9 Å². The lowest BCUT2D eigenvalue weighted by Gasteiger charge is -2.30. The molecule has 3 aromatic carbocycles. The van der Waals surface area contributed by atoms with Crippen LogP contribution in [0.4, 0.5) is 0 Å². The van der Waals surface area contributed by atoms with Crippen molar-refractivity contribution in [2.75, 3.05) is 0 Å². The largest absolute Gasteiger partial charge is 0.508 e. The van der Waals surface area contributed by atoms with E-state index in [4.69, 9.17) is 5.73 Å². The lowest BCUT2D eigenvalue weighted by atomic mass is 9.95. The Kier molecular flexibility index (Phi) is 22.1. The fraction of sp³-hybridized carbons (Fsp3) is 0.438. The summed E-state index contributed by atoms with van der Waals surface area (Å²) in [5.41, 5.74) is 8.18. The van der Waals surface area contributed by atoms with E-state index in [2.05, 4.69) is 31.9 Å². The minimum atomic E-state index is -1.67. The van der Waals surface area contributed by atoms with Gasteiger partial charge < -0.3 is 58.1 Å². The molecule has 0 heterocycles. The number of carboxylic acid groups (broad SMARTS) is 3. The number of nitrogens with one attached hydrogen (secondary N) is 6. The van der Waals surface area contributed by atoms with E-state index in [9.17, 15) is 63.6 Å². The first kappa shape index (κ1) is 55.0. The zero-order valence-corrected chi connectivity index (χ0v) is 38.5. The van der Waals surface area contributed by atoms with Crippen molar-refractivity contribution in [2.45, 2.75) is 121 Å². The van der Waals surface area contributed by atoms with Gasteiger partial charge in [-0.05, 0) is 59.9 Å². The number of carboxylic acids is 3.